The van der Waals surface area contributed by atoms with Crippen molar-refractivity contribution in [2.45, 2.75) is 4.90 Å². The number of aromatic carboxylic acids is 1. The van der Waals surface area contributed by atoms with Crippen LogP contribution in [0.4, 0.5) is 5.69 Å². The molecule has 0 spiro atoms. The maximum Gasteiger partial charge on any atom is 0.336 e. The van der Waals surface area contributed by atoms with Crippen LogP contribution < -0.4 is 11.3 Å². The predicted octanol–water partition coefficient (Wildman–Crippen LogP) is 3.64. The molecular formula is C16H18N2O2S. The van der Waals surface area contributed by atoms with Crippen LogP contribution in [0.2, 0.25) is 0 Å². The number of anilines is 1. The molecule has 110 valence electrons. The fraction of sp³-hybridized carbons (Fsp3) is 0.0625. The van der Waals surface area contributed by atoms with Crippen LogP contribution in [-0.4, -0.2) is 16.8 Å². The van der Waals surface area contributed by atoms with Gasteiger partial charge in [-0.2, -0.15) is 0 Å². The van der Waals surface area contributed by atoms with Crippen LogP contribution in [0.3, 0.4) is 0 Å². The highest BCUT2D eigenvalue weighted by Gasteiger charge is 2.07. The number of nitrogens with two attached hydrogens (primary N) is 1. The van der Waals surface area contributed by atoms with E-state index in [1.165, 1.54) is 11.8 Å². The summed E-state index contributed by atoms with van der Waals surface area (Å²) >= 11 is 1.48. The third-order valence-electron chi connectivity index (χ3n) is 2.41. The van der Waals surface area contributed by atoms with Gasteiger partial charge in [0.05, 0.1) is 5.56 Å². The third-order valence-corrected chi connectivity index (χ3v) is 3.48. The molecule has 0 saturated carbocycles. The summed E-state index contributed by atoms with van der Waals surface area (Å²) in [6, 6.07) is 16.6. The molecule has 0 radical (unpaired) electrons. The molecule has 2 aromatic rings. The molecule has 0 aromatic heterocycles. The summed E-state index contributed by atoms with van der Waals surface area (Å²) in [5.74, 6) is 4.94. The van der Waals surface area contributed by atoms with Crippen LogP contribution in [0.1, 0.15) is 10.4 Å². The average Bonchev–Trinajstić information content (AvgIpc) is 2.54. The molecule has 2 rings (SSSR count). The Morgan fingerprint density at radius 1 is 1.19 bits per heavy atom. The summed E-state index contributed by atoms with van der Waals surface area (Å²) < 4.78 is 0. The molecule has 0 unspecified atom stereocenters. The van der Waals surface area contributed by atoms with Crippen LogP contribution in [-0.2, 0) is 0 Å². The molecule has 0 aliphatic carbocycles. The zero-order valence-corrected chi connectivity index (χ0v) is 12.3. The minimum absolute atomic E-state index is 0.356. The molecule has 2 aromatic carbocycles. The molecule has 0 amide bonds. The van der Waals surface area contributed by atoms with Crippen molar-refractivity contribution in [3.63, 3.8) is 0 Å². The van der Waals surface area contributed by atoms with Crippen molar-refractivity contribution in [3.8, 4) is 0 Å². The highest BCUT2D eigenvalue weighted by molar-refractivity contribution is 7.99. The number of carboxylic acid groups (broad SMARTS) is 1. The van der Waals surface area contributed by atoms with E-state index in [2.05, 4.69) is 12.0 Å². The molecule has 0 aliphatic heterocycles. The first kappa shape index (κ1) is 16.8. The van der Waals surface area contributed by atoms with E-state index in [0.717, 1.165) is 16.3 Å². The van der Waals surface area contributed by atoms with Crippen molar-refractivity contribution >= 4 is 23.4 Å². The second kappa shape index (κ2) is 9.63. The third kappa shape index (κ3) is 6.16. The standard InChI is InChI=1S/C10H10O2S.C6H8N2/c1-2-7-13-9-6-4-3-5-8(9)10(11)12;7-8-6-4-2-1-3-5-6/h2-6H,1,7H2,(H,11,12);1-5,8H,7H2. The van der Waals surface area contributed by atoms with Crippen LogP contribution in [0.25, 0.3) is 0 Å². The van der Waals surface area contributed by atoms with Gasteiger partial charge in [-0.1, -0.05) is 36.4 Å². The first-order chi connectivity index (χ1) is 10.2. The predicted molar refractivity (Wildman–Crippen MR) is 88.6 cm³/mol. The molecule has 0 fully saturated rings. The maximum atomic E-state index is 10.7. The van der Waals surface area contributed by atoms with Gasteiger partial charge in [0.25, 0.3) is 0 Å². The Hall–Kier alpha value is -2.24. The van der Waals surface area contributed by atoms with Crippen molar-refractivity contribution in [1.29, 1.82) is 0 Å². The minimum Gasteiger partial charge on any atom is -0.478 e. The monoisotopic (exact) mass is 302 g/mol. The average molecular weight is 302 g/mol. The lowest BCUT2D eigenvalue weighted by molar-refractivity contribution is 0.0693. The van der Waals surface area contributed by atoms with Gasteiger partial charge in [0.2, 0.25) is 0 Å². The number of thioether (sulfide) groups is 1. The van der Waals surface area contributed by atoms with Gasteiger partial charge in [-0.3, -0.25) is 5.84 Å². The second-order valence-electron chi connectivity index (χ2n) is 3.91. The highest BCUT2D eigenvalue weighted by atomic mass is 32.2. The zero-order chi connectivity index (χ0) is 15.5. The fourth-order valence-corrected chi connectivity index (χ4v) is 2.24. The SMILES string of the molecule is C=CCSc1ccccc1C(=O)O.NNc1ccccc1. The molecule has 4 nitrogen and oxygen atoms in total. The van der Waals surface area contributed by atoms with Gasteiger partial charge < -0.3 is 10.5 Å². The zero-order valence-electron chi connectivity index (χ0n) is 11.5. The summed E-state index contributed by atoms with van der Waals surface area (Å²) in [4.78, 5) is 11.5. The maximum absolute atomic E-state index is 10.7. The second-order valence-corrected chi connectivity index (χ2v) is 4.97. The number of carbonyl (C=O) groups is 1. The van der Waals surface area contributed by atoms with Crippen molar-refractivity contribution in [2.24, 2.45) is 5.84 Å². The molecule has 0 aliphatic rings. The van der Waals surface area contributed by atoms with E-state index in [9.17, 15) is 4.79 Å². The first-order valence-corrected chi connectivity index (χ1v) is 7.25. The number of hydrogen-bond donors (Lipinski definition) is 3. The molecule has 5 heteroatoms. The van der Waals surface area contributed by atoms with Crippen LogP contribution in [0.5, 0.6) is 0 Å². The minimum atomic E-state index is -0.882. The van der Waals surface area contributed by atoms with Crippen LogP contribution in [0, 0.1) is 0 Å². The molecular weight excluding hydrogens is 284 g/mol. The van der Waals surface area contributed by atoms with Crippen molar-refractivity contribution in [3.05, 3.63) is 72.8 Å². The number of nitrogens with one attached hydrogen (secondary N) is 1. The summed E-state index contributed by atoms with van der Waals surface area (Å²) in [6.07, 6.45) is 1.75. The molecule has 0 saturated heterocycles. The molecule has 0 bridgehead atoms. The molecule has 0 atom stereocenters. The Morgan fingerprint density at radius 3 is 2.33 bits per heavy atom. The lowest BCUT2D eigenvalue weighted by atomic mass is 10.2. The molecule has 21 heavy (non-hydrogen) atoms. The van der Waals surface area contributed by atoms with Crippen molar-refractivity contribution in [2.75, 3.05) is 11.2 Å². The quantitative estimate of drug-likeness (QED) is 0.340. The Bertz CT molecular complexity index is 573. The van der Waals surface area contributed by atoms with E-state index < -0.39 is 5.97 Å². The number of benzene rings is 2. The number of nitrogen functional groups attached to an aromatic ring is 1. The fourth-order valence-electron chi connectivity index (χ4n) is 1.45. The number of carboxylic acids is 1. The molecule has 0 heterocycles. The Morgan fingerprint density at radius 2 is 1.81 bits per heavy atom. The first-order valence-electron chi connectivity index (χ1n) is 6.26. The van der Waals surface area contributed by atoms with E-state index in [4.69, 9.17) is 10.9 Å². The van der Waals surface area contributed by atoms with Crippen LogP contribution >= 0.6 is 11.8 Å². The number of rotatable bonds is 5. The van der Waals surface area contributed by atoms with Gasteiger partial charge in [-0.25, -0.2) is 4.79 Å². The smallest absolute Gasteiger partial charge is 0.336 e. The number of hydrogen-bond acceptors (Lipinski definition) is 4. The van der Waals surface area contributed by atoms with E-state index in [-0.39, 0.29) is 0 Å². The number of hydrazine groups is 1. The highest BCUT2D eigenvalue weighted by Crippen LogP contribution is 2.22. The topological polar surface area (TPSA) is 75.3 Å². The van der Waals surface area contributed by atoms with Gasteiger partial charge in [0.1, 0.15) is 0 Å². The lowest BCUT2D eigenvalue weighted by Crippen LogP contribution is -2.05. The van der Waals surface area contributed by atoms with E-state index in [0.29, 0.717) is 5.56 Å². The van der Waals surface area contributed by atoms with Crippen LogP contribution in [0.15, 0.2) is 72.1 Å². The Balaban J connectivity index is 0.000000235. The van der Waals surface area contributed by atoms with Gasteiger partial charge in [-0.15, -0.1) is 18.3 Å². The van der Waals surface area contributed by atoms with Gasteiger partial charge in [-0.05, 0) is 24.3 Å². The summed E-state index contributed by atoms with van der Waals surface area (Å²) in [5.41, 5.74) is 3.82. The molecule has 4 N–H and O–H groups in total. The van der Waals surface area contributed by atoms with Gasteiger partial charge in [0.15, 0.2) is 0 Å². The van der Waals surface area contributed by atoms with Crippen molar-refractivity contribution < 1.29 is 9.90 Å². The van der Waals surface area contributed by atoms with E-state index in [1.807, 2.05) is 36.4 Å². The largest absolute Gasteiger partial charge is 0.478 e. The van der Waals surface area contributed by atoms with Gasteiger partial charge in [0, 0.05) is 16.3 Å². The summed E-state index contributed by atoms with van der Waals surface area (Å²) in [6.45, 7) is 3.58. The lowest BCUT2D eigenvalue weighted by Gasteiger charge is -2.02. The van der Waals surface area contributed by atoms with Crippen molar-refractivity contribution in [1.82, 2.24) is 0 Å². The normalized spacial score (nSPS) is 9.19. The Kier molecular flexibility index (Phi) is 7.71. The Labute approximate surface area is 128 Å². The van der Waals surface area contributed by atoms with E-state index in [1.54, 1.807) is 24.3 Å². The summed E-state index contributed by atoms with van der Waals surface area (Å²) in [5, 5.41) is 8.83. The van der Waals surface area contributed by atoms with E-state index >= 15 is 0 Å². The summed E-state index contributed by atoms with van der Waals surface area (Å²) in [7, 11) is 0. The number of para-hydroxylation sites is 1. The van der Waals surface area contributed by atoms with Gasteiger partial charge >= 0.3 is 5.97 Å².